The van der Waals surface area contributed by atoms with E-state index in [0.717, 1.165) is 5.56 Å². The van der Waals surface area contributed by atoms with Crippen LogP contribution in [-0.4, -0.2) is 21.3 Å². The van der Waals surface area contributed by atoms with Crippen LogP contribution >= 0.6 is 0 Å². The molecule has 0 saturated carbocycles. The summed E-state index contributed by atoms with van der Waals surface area (Å²) in [5.74, 6) is 1.89. The predicted molar refractivity (Wildman–Crippen MR) is 65.3 cm³/mol. The summed E-state index contributed by atoms with van der Waals surface area (Å²) in [6, 6.07) is 3.75. The van der Waals surface area contributed by atoms with E-state index in [1.165, 1.54) is 0 Å². The Morgan fingerprint density at radius 2 is 1.56 bits per heavy atom. The second-order valence-corrected chi connectivity index (χ2v) is 3.05. The molecule has 0 heterocycles. The molecule has 3 nitrogen and oxygen atoms in total. The molecule has 86 valence electrons. The van der Waals surface area contributed by atoms with Crippen LogP contribution in [0.5, 0.6) is 17.2 Å². The Balaban J connectivity index is 3.25. The van der Waals surface area contributed by atoms with E-state index in [4.69, 9.17) is 14.2 Å². The fraction of sp³-hybridized carbons (Fsp3) is 0.231. The second-order valence-electron chi connectivity index (χ2n) is 3.05. The summed E-state index contributed by atoms with van der Waals surface area (Å²) in [6.45, 7) is 3.62. The van der Waals surface area contributed by atoms with Crippen molar-refractivity contribution < 1.29 is 14.2 Å². The summed E-state index contributed by atoms with van der Waals surface area (Å²) in [6.07, 6.45) is 5.47. The van der Waals surface area contributed by atoms with Gasteiger partial charge in [-0.1, -0.05) is 24.8 Å². The van der Waals surface area contributed by atoms with Crippen LogP contribution in [0.1, 0.15) is 5.56 Å². The standard InChI is InChI=1S/C13H16O3/c1-5-6-7-10-8-11(14-2)13(16-4)12(9-10)15-3/h5-9H,1H2,2-4H3/b7-6+. The Labute approximate surface area is 95.9 Å². The SMILES string of the molecule is C=C/C=C/c1cc(OC)c(OC)c(OC)c1. The lowest BCUT2D eigenvalue weighted by atomic mass is 10.1. The molecule has 0 amide bonds. The van der Waals surface area contributed by atoms with Gasteiger partial charge < -0.3 is 14.2 Å². The van der Waals surface area contributed by atoms with Gasteiger partial charge in [-0.3, -0.25) is 0 Å². The van der Waals surface area contributed by atoms with Crippen molar-refractivity contribution in [1.82, 2.24) is 0 Å². The Kier molecular flexibility index (Phi) is 4.45. The highest BCUT2D eigenvalue weighted by Crippen LogP contribution is 2.38. The van der Waals surface area contributed by atoms with Crippen molar-refractivity contribution in [3.63, 3.8) is 0 Å². The van der Waals surface area contributed by atoms with Crippen LogP contribution < -0.4 is 14.2 Å². The van der Waals surface area contributed by atoms with E-state index in [1.54, 1.807) is 27.4 Å². The molecule has 1 aromatic rings. The largest absolute Gasteiger partial charge is 0.493 e. The molecule has 3 heteroatoms. The first kappa shape index (κ1) is 12.2. The molecular formula is C13H16O3. The van der Waals surface area contributed by atoms with Gasteiger partial charge in [0.2, 0.25) is 5.75 Å². The van der Waals surface area contributed by atoms with E-state index in [-0.39, 0.29) is 0 Å². The van der Waals surface area contributed by atoms with E-state index >= 15 is 0 Å². The van der Waals surface area contributed by atoms with E-state index in [2.05, 4.69) is 6.58 Å². The molecule has 0 saturated heterocycles. The quantitative estimate of drug-likeness (QED) is 0.714. The van der Waals surface area contributed by atoms with Gasteiger partial charge in [-0.05, 0) is 17.7 Å². The molecule has 0 fully saturated rings. The van der Waals surface area contributed by atoms with Gasteiger partial charge in [0.15, 0.2) is 11.5 Å². The van der Waals surface area contributed by atoms with Crippen LogP contribution in [-0.2, 0) is 0 Å². The first-order valence-corrected chi connectivity index (χ1v) is 4.86. The fourth-order valence-electron chi connectivity index (χ4n) is 1.38. The maximum Gasteiger partial charge on any atom is 0.203 e. The molecule has 0 aliphatic carbocycles. The van der Waals surface area contributed by atoms with E-state index in [1.807, 2.05) is 24.3 Å². The number of hydrogen-bond acceptors (Lipinski definition) is 3. The van der Waals surface area contributed by atoms with Crippen molar-refractivity contribution in [2.75, 3.05) is 21.3 Å². The van der Waals surface area contributed by atoms with Gasteiger partial charge in [0.1, 0.15) is 0 Å². The molecule has 0 aliphatic rings. The zero-order chi connectivity index (χ0) is 12.0. The molecule has 0 bridgehead atoms. The topological polar surface area (TPSA) is 27.7 Å². The molecule has 0 N–H and O–H groups in total. The lowest BCUT2D eigenvalue weighted by Crippen LogP contribution is -1.95. The minimum Gasteiger partial charge on any atom is -0.493 e. The Hall–Kier alpha value is -1.90. The van der Waals surface area contributed by atoms with Gasteiger partial charge in [0.25, 0.3) is 0 Å². The van der Waals surface area contributed by atoms with Crippen molar-refractivity contribution in [2.45, 2.75) is 0 Å². The van der Waals surface area contributed by atoms with Gasteiger partial charge >= 0.3 is 0 Å². The highest BCUT2D eigenvalue weighted by Gasteiger charge is 2.11. The van der Waals surface area contributed by atoms with Gasteiger partial charge in [0, 0.05) is 0 Å². The van der Waals surface area contributed by atoms with E-state index in [0.29, 0.717) is 17.2 Å². The van der Waals surface area contributed by atoms with Crippen molar-refractivity contribution >= 4 is 6.08 Å². The molecular weight excluding hydrogens is 204 g/mol. The summed E-state index contributed by atoms with van der Waals surface area (Å²) in [5, 5.41) is 0. The molecule has 16 heavy (non-hydrogen) atoms. The lowest BCUT2D eigenvalue weighted by molar-refractivity contribution is 0.324. The first-order chi connectivity index (χ1) is 7.76. The molecule has 0 aromatic heterocycles. The predicted octanol–water partition coefficient (Wildman–Crippen LogP) is 2.91. The summed E-state index contributed by atoms with van der Waals surface area (Å²) < 4.78 is 15.7. The zero-order valence-corrected chi connectivity index (χ0v) is 9.82. The van der Waals surface area contributed by atoms with Crippen LogP contribution in [0.25, 0.3) is 6.08 Å². The number of ether oxygens (including phenoxy) is 3. The van der Waals surface area contributed by atoms with Crippen LogP contribution in [0.3, 0.4) is 0 Å². The van der Waals surface area contributed by atoms with E-state index < -0.39 is 0 Å². The molecule has 0 radical (unpaired) electrons. The van der Waals surface area contributed by atoms with Gasteiger partial charge in [-0.15, -0.1) is 0 Å². The number of methoxy groups -OCH3 is 3. The molecule has 0 spiro atoms. The summed E-state index contributed by atoms with van der Waals surface area (Å²) in [4.78, 5) is 0. The first-order valence-electron chi connectivity index (χ1n) is 4.86. The Bertz CT molecular complexity index is 369. The summed E-state index contributed by atoms with van der Waals surface area (Å²) >= 11 is 0. The third kappa shape index (κ3) is 2.57. The monoisotopic (exact) mass is 220 g/mol. The van der Waals surface area contributed by atoms with Crippen LogP contribution in [0.15, 0.2) is 30.9 Å². The van der Waals surface area contributed by atoms with Crippen molar-refractivity contribution in [3.8, 4) is 17.2 Å². The van der Waals surface area contributed by atoms with Gasteiger partial charge in [0.05, 0.1) is 21.3 Å². The van der Waals surface area contributed by atoms with Crippen molar-refractivity contribution in [3.05, 3.63) is 36.4 Å². The summed E-state index contributed by atoms with van der Waals surface area (Å²) in [7, 11) is 4.77. The van der Waals surface area contributed by atoms with Crippen molar-refractivity contribution in [2.24, 2.45) is 0 Å². The normalized spacial score (nSPS) is 10.2. The molecule has 0 unspecified atom stereocenters. The smallest absolute Gasteiger partial charge is 0.203 e. The van der Waals surface area contributed by atoms with Gasteiger partial charge in [-0.25, -0.2) is 0 Å². The molecule has 0 atom stereocenters. The fourth-order valence-corrected chi connectivity index (χ4v) is 1.38. The highest BCUT2D eigenvalue weighted by atomic mass is 16.5. The van der Waals surface area contributed by atoms with Crippen LogP contribution in [0.4, 0.5) is 0 Å². The van der Waals surface area contributed by atoms with Crippen molar-refractivity contribution in [1.29, 1.82) is 0 Å². The number of allylic oxidation sites excluding steroid dienone is 2. The number of rotatable bonds is 5. The minimum atomic E-state index is 0.598. The lowest BCUT2D eigenvalue weighted by Gasteiger charge is -2.12. The number of hydrogen-bond donors (Lipinski definition) is 0. The zero-order valence-electron chi connectivity index (χ0n) is 9.82. The molecule has 1 rings (SSSR count). The third-order valence-corrected chi connectivity index (χ3v) is 2.11. The third-order valence-electron chi connectivity index (χ3n) is 2.11. The summed E-state index contributed by atoms with van der Waals surface area (Å²) in [5.41, 5.74) is 0.967. The van der Waals surface area contributed by atoms with E-state index in [9.17, 15) is 0 Å². The maximum absolute atomic E-state index is 5.23. The Morgan fingerprint density at radius 3 is 1.94 bits per heavy atom. The minimum absolute atomic E-state index is 0.598. The highest BCUT2D eigenvalue weighted by molar-refractivity contribution is 5.62. The van der Waals surface area contributed by atoms with Crippen LogP contribution in [0.2, 0.25) is 0 Å². The maximum atomic E-state index is 5.23. The van der Waals surface area contributed by atoms with Crippen LogP contribution in [0, 0.1) is 0 Å². The average Bonchev–Trinajstić information content (AvgIpc) is 2.34. The number of benzene rings is 1. The average molecular weight is 220 g/mol. The molecule has 0 aliphatic heterocycles. The molecule has 1 aromatic carbocycles. The second kappa shape index (κ2) is 5.85. The Morgan fingerprint density at radius 1 is 1.00 bits per heavy atom. The van der Waals surface area contributed by atoms with Gasteiger partial charge in [-0.2, -0.15) is 0 Å².